The van der Waals surface area contributed by atoms with Crippen LogP contribution in [0.3, 0.4) is 0 Å². The van der Waals surface area contributed by atoms with Crippen molar-refractivity contribution in [3.8, 4) is 5.75 Å². The zero-order chi connectivity index (χ0) is 19.5. The van der Waals surface area contributed by atoms with E-state index in [2.05, 4.69) is 4.90 Å². The van der Waals surface area contributed by atoms with Crippen LogP contribution in [0.4, 0.5) is 4.79 Å². The molecule has 2 heterocycles. The van der Waals surface area contributed by atoms with Crippen molar-refractivity contribution < 1.29 is 22.7 Å². The maximum absolute atomic E-state index is 12.2. The second kappa shape index (κ2) is 8.06. The van der Waals surface area contributed by atoms with Crippen molar-refractivity contribution in [1.82, 2.24) is 9.80 Å². The Kier molecular flexibility index (Phi) is 5.95. The lowest BCUT2D eigenvalue weighted by Crippen LogP contribution is -2.50. The van der Waals surface area contributed by atoms with Crippen LogP contribution < -0.4 is 4.74 Å². The van der Waals surface area contributed by atoms with Crippen LogP contribution in [-0.4, -0.2) is 80.7 Å². The van der Waals surface area contributed by atoms with Crippen LogP contribution in [0, 0.1) is 0 Å². The summed E-state index contributed by atoms with van der Waals surface area (Å²) in [5.41, 5.74) is -0.453. The molecule has 0 aromatic heterocycles. The number of hydrogen-bond donors (Lipinski definition) is 0. The SMILES string of the molecule is C[C@@H](CS(C)(=O)=O)N1CCC2(CC1)CN(CCOc1ccccc1)C(=O)O2. The summed E-state index contributed by atoms with van der Waals surface area (Å²) in [6.45, 7) is 4.89. The molecule has 2 aliphatic rings. The molecule has 0 unspecified atom stereocenters. The summed E-state index contributed by atoms with van der Waals surface area (Å²) < 4.78 is 34.4. The Bertz CT molecular complexity index is 745. The predicted octanol–water partition coefficient (Wildman–Crippen LogP) is 1.79. The second-order valence-electron chi connectivity index (χ2n) is 7.61. The quantitative estimate of drug-likeness (QED) is 0.699. The number of hydrogen-bond acceptors (Lipinski definition) is 6. The fraction of sp³-hybridized carbons (Fsp3) is 0.632. The first kappa shape index (κ1) is 19.9. The predicted molar refractivity (Wildman–Crippen MR) is 103 cm³/mol. The molecular formula is C19H28N2O5S. The van der Waals surface area contributed by atoms with Gasteiger partial charge in [0.1, 0.15) is 27.8 Å². The summed E-state index contributed by atoms with van der Waals surface area (Å²) >= 11 is 0. The topological polar surface area (TPSA) is 76.2 Å². The summed E-state index contributed by atoms with van der Waals surface area (Å²) in [4.78, 5) is 16.1. The average Bonchev–Trinajstić information content (AvgIpc) is 2.90. The average molecular weight is 397 g/mol. The van der Waals surface area contributed by atoms with E-state index in [0.717, 1.165) is 31.7 Å². The monoisotopic (exact) mass is 396 g/mol. The van der Waals surface area contributed by atoms with E-state index in [1.54, 1.807) is 4.90 Å². The molecule has 0 radical (unpaired) electrons. The smallest absolute Gasteiger partial charge is 0.410 e. The Balaban J connectivity index is 1.47. The van der Waals surface area contributed by atoms with Crippen molar-refractivity contribution in [2.24, 2.45) is 0 Å². The number of para-hydroxylation sites is 1. The molecule has 2 aliphatic heterocycles. The molecule has 1 spiro atoms. The van der Waals surface area contributed by atoms with Gasteiger partial charge in [0, 0.05) is 38.2 Å². The molecule has 3 rings (SSSR count). The van der Waals surface area contributed by atoms with Gasteiger partial charge in [-0.3, -0.25) is 4.90 Å². The number of benzene rings is 1. The van der Waals surface area contributed by atoms with Crippen LogP contribution >= 0.6 is 0 Å². The van der Waals surface area contributed by atoms with E-state index in [0.29, 0.717) is 19.7 Å². The number of sulfone groups is 1. The molecule has 2 saturated heterocycles. The first-order chi connectivity index (χ1) is 12.8. The number of ether oxygens (including phenoxy) is 2. The van der Waals surface area contributed by atoms with Gasteiger partial charge in [-0.2, -0.15) is 0 Å². The van der Waals surface area contributed by atoms with Crippen molar-refractivity contribution in [2.75, 3.05) is 44.8 Å². The van der Waals surface area contributed by atoms with Crippen LogP contribution in [0.15, 0.2) is 30.3 Å². The minimum atomic E-state index is -3.00. The lowest BCUT2D eigenvalue weighted by Gasteiger charge is -2.40. The van der Waals surface area contributed by atoms with Crippen molar-refractivity contribution >= 4 is 15.9 Å². The summed E-state index contributed by atoms with van der Waals surface area (Å²) in [5, 5.41) is 0. The Morgan fingerprint density at radius 1 is 1.22 bits per heavy atom. The van der Waals surface area contributed by atoms with Crippen LogP contribution in [0.1, 0.15) is 19.8 Å². The highest BCUT2D eigenvalue weighted by Crippen LogP contribution is 2.33. The van der Waals surface area contributed by atoms with Crippen LogP contribution in [0.25, 0.3) is 0 Å². The number of amides is 1. The van der Waals surface area contributed by atoms with E-state index in [4.69, 9.17) is 9.47 Å². The van der Waals surface area contributed by atoms with Crippen molar-refractivity contribution in [1.29, 1.82) is 0 Å². The summed E-state index contributed by atoms with van der Waals surface area (Å²) in [6, 6.07) is 9.50. The zero-order valence-corrected chi connectivity index (χ0v) is 16.8. The van der Waals surface area contributed by atoms with Gasteiger partial charge < -0.3 is 14.4 Å². The highest BCUT2D eigenvalue weighted by atomic mass is 32.2. The molecule has 27 heavy (non-hydrogen) atoms. The third-order valence-corrected chi connectivity index (χ3v) is 6.38. The molecule has 0 N–H and O–H groups in total. The largest absolute Gasteiger partial charge is 0.492 e. The fourth-order valence-corrected chi connectivity index (χ4v) is 4.92. The van der Waals surface area contributed by atoms with Crippen LogP contribution in [0.2, 0.25) is 0 Å². The molecule has 2 fully saturated rings. The van der Waals surface area contributed by atoms with E-state index < -0.39 is 15.4 Å². The van der Waals surface area contributed by atoms with E-state index in [1.165, 1.54) is 6.26 Å². The van der Waals surface area contributed by atoms with Gasteiger partial charge in [0.2, 0.25) is 0 Å². The summed E-state index contributed by atoms with van der Waals surface area (Å²) in [5.74, 6) is 0.941. The van der Waals surface area contributed by atoms with Crippen molar-refractivity contribution in [3.63, 3.8) is 0 Å². The first-order valence-electron chi connectivity index (χ1n) is 9.34. The number of likely N-dealkylation sites (tertiary alicyclic amines) is 1. The highest BCUT2D eigenvalue weighted by Gasteiger charge is 2.47. The van der Waals surface area contributed by atoms with E-state index in [1.807, 2.05) is 37.3 Å². The normalized spacial score (nSPS) is 21.3. The maximum atomic E-state index is 12.2. The molecule has 1 amide bonds. The molecule has 1 aromatic carbocycles. The van der Waals surface area contributed by atoms with Crippen molar-refractivity contribution in [3.05, 3.63) is 30.3 Å². The van der Waals surface area contributed by atoms with Gasteiger partial charge in [-0.25, -0.2) is 13.2 Å². The maximum Gasteiger partial charge on any atom is 0.410 e. The molecular weight excluding hydrogens is 368 g/mol. The Labute approximate surface area is 161 Å². The molecule has 7 nitrogen and oxygen atoms in total. The molecule has 1 atom stereocenters. The van der Waals surface area contributed by atoms with Gasteiger partial charge >= 0.3 is 6.09 Å². The molecule has 0 bridgehead atoms. The third kappa shape index (κ3) is 5.35. The minimum Gasteiger partial charge on any atom is -0.492 e. The van der Waals surface area contributed by atoms with E-state index in [9.17, 15) is 13.2 Å². The summed E-state index contributed by atoms with van der Waals surface area (Å²) in [6.07, 6.45) is 2.43. The second-order valence-corrected chi connectivity index (χ2v) is 9.80. The number of piperidine rings is 1. The number of nitrogens with zero attached hydrogens (tertiary/aromatic N) is 2. The third-order valence-electron chi connectivity index (χ3n) is 5.29. The molecule has 150 valence electrons. The molecule has 8 heteroatoms. The van der Waals surface area contributed by atoms with Gasteiger partial charge in [-0.15, -0.1) is 0 Å². The van der Waals surface area contributed by atoms with Gasteiger partial charge in [-0.05, 0) is 19.1 Å². The van der Waals surface area contributed by atoms with E-state index >= 15 is 0 Å². The Morgan fingerprint density at radius 2 is 1.89 bits per heavy atom. The van der Waals surface area contributed by atoms with Gasteiger partial charge in [0.05, 0.1) is 18.8 Å². The Hall–Kier alpha value is -1.80. The lowest BCUT2D eigenvalue weighted by molar-refractivity contribution is -0.00604. The first-order valence-corrected chi connectivity index (χ1v) is 11.4. The molecule has 0 aliphatic carbocycles. The number of rotatable bonds is 7. The molecule has 1 aromatic rings. The lowest BCUT2D eigenvalue weighted by atomic mass is 9.91. The van der Waals surface area contributed by atoms with Crippen LogP contribution in [-0.2, 0) is 14.6 Å². The summed E-state index contributed by atoms with van der Waals surface area (Å²) in [7, 11) is -3.00. The van der Waals surface area contributed by atoms with Gasteiger partial charge in [-0.1, -0.05) is 18.2 Å². The molecule has 0 saturated carbocycles. The van der Waals surface area contributed by atoms with E-state index in [-0.39, 0.29) is 17.9 Å². The minimum absolute atomic E-state index is 0.0233. The van der Waals surface area contributed by atoms with Gasteiger partial charge in [0.15, 0.2) is 0 Å². The highest BCUT2D eigenvalue weighted by molar-refractivity contribution is 7.90. The van der Waals surface area contributed by atoms with Crippen molar-refractivity contribution in [2.45, 2.75) is 31.4 Å². The number of carbonyl (C=O) groups is 1. The Morgan fingerprint density at radius 3 is 2.52 bits per heavy atom. The zero-order valence-electron chi connectivity index (χ0n) is 16.0. The standard InChI is InChI=1S/C19H28N2O5S/c1-16(14-27(2,23)24)20-10-8-19(9-11-20)15-21(18(22)26-19)12-13-25-17-6-4-3-5-7-17/h3-7,16H,8-15H2,1-2H3/t16-/m0/s1. The fourth-order valence-electron chi connectivity index (χ4n) is 3.83. The van der Waals surface area contributed by atoms with Gasteiger partial charge in [0.25, 0.3) is 0 Å². The van der Waals surface area contributed by atoms with Crippen LogP contribution in [0.5, 0.6) is 5.75 Å². The number of carbonyl (C=O) groups excluding carboxylic acids is 1.